The Balaban J connectivity index is 0. The van der Waals surface area contributed by atoms with E-state index in [1.54, 1.807) is 20.8 Å². The second-order valence-corrected chi connectivity index (χ2v) is 7.24. The first-order valence-corrected chi connectivity index (χ1v) is 8.82. The van der Waals surface area contributed by atoms with Crippen molar-refractivity contribution in [2.45, 2.75) is 40.5 Å². The van der Waals surface area contributed by atoms with Crippen molar-refractivity contribution < 1.29 is 28.0 Å². The molecule has 0 rings (SSSR count). The highest BCUT2D eigenvalue weighted by Gasteiger charge is 2.26. The second-order valence-electron chi connectivity index (χ2n) is 5.83. The van der Waals surface area contributed by atoms with Crippen LogP contribution in [0.15, 0.2) is 0 Å². The number of hydrogen-bond donors (Lipinski definition) is 0. The molecule has 1 unspecified atom stereocenters. The second kappa shape index (κ2) is 12.0. The van der Waals surface area contributed by atoms with Gasteiger partial charge in [0.05, 0.1) is 18.6 Å². The third-order valence-electron chi connectivity index (χ3n) is 2.46. The molecule has 0 aliphatic heterocycles. The van der Waals surface area contributed by atoms with Crippen molar-refractivity contribution >= 4 is 13.8 Å². The van der Waals surface area contributed by atoms with E-state index in [1.165, 1.54) is 0 Å². The van der Waals surface area contributed by atoms with Crippen molar-refractivity contribution in [1.29, 1.82) is 0 Å². The molecule has 134 valence electrons. The molecule has 0 saturated heterocycles. The fourth-order valence-corrected chi connectivity index (χ4v) is 1.64. The molecule has 0 bridgehead atoms. The van der Waals surface area contributed by atoms with Gasteiger partial charge < -0.3 is 23.6 Å². The number of phosphoric acid groups is 1. The summed E-state index contributed by atoms with van der Waals surface area (Å²) in [5.41, 5.74) is -0.570. The zero-order valence-corrected chi connectivity index (χ0v) is 15.8. The lowest BCUT2D eigenvalue weighted by atomic mass is 9.91. The number of carbonyl (C=O) groups excluding carboxylic acids is 1. The van der Waals surface area contributed by atoms with Gasteiger partial charge in [0.1, 0.15) is 6.61 Å². The Labute approximate surface area is 134 Å². The van der Waals surface area contributed by atoms with E-state index in [0.29, 0.717) is 12.8 Å². The lowest BCUT2D eigenvalue weighted by Crippen LogP contribution is -2.27. The third-order valence-corrected chi connectivity index (χ3v) is 3.45. The highest BCUT2D eigenvalue weighted by atomic mass is 31.2. The summed E-state index contributed by atoms with van der Waals surface area (Å²) < 4.78 is 25.1. The third kappa shape index (κ3) is 14.5. The monoisotopic (exact) mass is 340 g/mol. The largest absolute Gasteiger partial charge is 0.756 e. The Kier molecular flexibility index (Phi) is 13.0. The molecule has 22 heavy (non-hydrogen) atoms. The number of esters is 1. The van der Waals surface area contributed by atoms with Crippen molar-refractivity contribution in [3.63, 3.8) is 0 Å². The van der Waals surface area contributed by atoms with Crippen LogP contribution in [0.1, 0.15) is 40.5 Å². The predicted octanol–water partition coefficient (Wildman–Crippen LogP) is 2.06. The van der Waals surface area contributed by atoms with Crippen LogP contribution in [-0.4, -0.2) is 51.8 Å². The van der Waals surface area contributed by atoms with Crippen LogP contribution in [-0.2, 0) is 23.1 Å². The van der Waals surface area contributed by atoms with Gasteiger partial charge in [-0.3, -0.25) is 9.36 Å². The molecule has 7 nitrogen and oxygen atoms in total. The van der Waals surface area contributed by atoms with E-state index < -0.39 is 13.2 Å². The highest BCUT2D eigenvalue weighted by molar-refractivity contribution is 7.45. The normalized spacial score (nSPS) is 14.0. The average Bonchev–Trinajstić information content (AvgIpc) is 2.40. The Hall–Kier alpha value is -0.460. The molecular formula is C14H31NO6P-. The van der Waals surface area contributed by atoms with Gasteiger partial charge in [-0.2, -0.15) is 0 Å². The minimum Gasteiger partial charge on any atom is -0.756 e. The average molecular weight is 340 g/mol. The fourth-order valence-electron chi connectivity index (χ4n) is 0.864. The van der Waals surface area contributed by atoms with Crippen molar-refractivity contribution in [1.82, 2.24) is 4.90 Å². The molecular weight excluding hydrogens is 309 g/mol. The maximum absolute atomic E-state index is 11.5. The highest BCUT2D eigenvalue weighted by Crippen LogP contribution is 2.37. The van der Waals surface area contributed by atoms with Crippen LogP contribution in [0.2, 0.25) is 0 Å². The Morgan fingerprint density at radius 2 is 1.55 bits per heavy atom. The van der Waals surface area contributed by atoms with E-state index in [-0.39, 0.29) is 25.8 Å². The molecule has 0 N–H and O–H groups in total. The summed E-state index contributed by atoms with van der Waals surface area (Å²) in [5, 5.41) is 0. The summed E-state index contributed by atoms with van der Waals surface area (Å²) >= 11 is 0. The first kappa shape index (κ1) is 23.8. The van der Waals surface area contributed by atoms with Gasteiger partial charge in [-0.1, -0.05) is 13.8 Å². The zero-order chi connectivity index (χ0) is 17.8. The smallest absolute Gasteiger partial charge is 0.311 e. The molecule has 0 fully saturated rings. The van der Waals surface area contributed by atoms with Gasteiger partial charge >= 0.3 is 5.97 Å². The van der Waals surface area contributed by atoms with Crippen molar-refractivity contribution in [2.75, 3.05) is 41.0 Å². The zero-order valence-electron chi connectivity index (χ0n) is 14.9. The molecule has 0 aromatic heterocycles. The van der Waals surface area contributed by atoms with Crippen molar-refractivity contribution in [3.8, 4) is 0 Å². The van der Waals surface area contributed by atoms with E-state index >= 15 is 0 Å². The van der Waals surface area contributed by atoms with Crippen LogP contribution in [0, 0.1) is 5.41 Å². The molecule has 0 aliphatic rings. The van der Waals surface area contributed by atoms with E-state index in [4.69, 9.17) is 4.74 Å². The minimum absolute atomic E-state index is 0.0867. The number of rotatable bonds is 9. The molecule has 8 heteroatoms. The SMILES string of the molecule is CCCOP(=O)([O-])OCCOC(=O)C(C)(C)CC.CN(C)C. The first-order chi connectivity index (χ1) is 9.98. The Morgan fingerprint density at radius 1 is 1.09 bits per heavy atom. The summed E-state index contributed by atoms with van der Waals surface area (Å²) in [5.74, 6) is -0.371. The van der Waals surface area contributed by atoms with Gasteiger partial charge in [0, 0.05) is 0 Å². The lowest BCUT2D eigenvalue weighted by molar-refractivity contribution is -0.226. The first-order valence-electron chi connectivity index (χ1n) is 7.36. The molecule has 1 atom stereocenters. The van der Waals surface area contributed by atoms with Crippen LogP contribution >= 0.6 is 7.82 Å². The molecule has 0 heterocycles. The quantitative estimate of drug-likeness (QED) is 0.360. The van der Waals surface area contributed by atoms with Gasteiger partial charge in [0.25, 0.3) is 7.82 Å². The maximum Gasteiger partial charge on any atom is 0.311 e. The van der Waals surface area contributed by atoms with Crippen LogP contribution in [0.25, 0.3) is 0 Å². The van der Waals surface area contributed by atoms with Crippen molar-refractivity contribution in [3.05, 3.63) is 0 Å². The standard InChI is InChI=1S/C11H23O6P.C3H9N/c1-5-7-16-18(13,14)17-9-8-15-10(12)11(3,4)6-2;1-4(2)3/h5-9H2,1-4H3,(H,13,14);1-3H3/p-1. The summed E-state index contributed by atoms with van der Waals surface area (Å²) in [7, 11) is 1.74. The van der Waals surface area contributed by atoms with Crippen LogP contribution < -0.4 is 4.89 Å². The van der Waals surface area contributed by atoms with Gasteiger partial charge in [0.2, 0.25) is 0 Å². The molecule has 0 aromatic carbocycles. The maximum atomic E-state index is 11.5. The van der Waals surface area contributed by atoms with Gasteiger partial charge in [-0.15, -0.1) is 0 Å². The summed E-state index contributed by atoms with van der Waals surface area (Å²) in [6, 6.07) is 0. The number of nitrogens with zero attached hydrogens (tertiary/aromatic N) is 1. The van der Waals surface area contributed by atoms with Crippen LogP contribution in [0.4, 0.5) is 0 Å². The Morgan fingerprint density at radius 3 is 1.95 bits per heavy atom. The number of ether oxygens (including phenoxy) is 1. The Bertz CT molecular complexity index is 343. The summed E-state index contributed by atoms with van der Waals surface area (Å²) in [6.45, 7) is 6.94. The van der Waals surface area contributed by atoms with Gasteiger partial charge in [0.15, 0.2) is 0 Å². The molecule has 0 saturated carbocycles. The topological polar surface area (TPSA) is 88.1 Å². The molecule has 0 aliphatic carbocycles. The number of phosphoric ester groups is 1. The van der Waals surface area contributed by atoms with Crippen molar-refractivity contribution in [2.24, 2.45) is 5.41 Å². The van der Waals surface area contributed by atoms with E-state index in [2.05, 4.69) is 9.05 Å². The lowest BCUT2D eigenvalue weighted by Gasteiger charge is -2.23. The van der Waals surface area contributed by atoms with E-state index in [9.17, 15) is 14.3 Å². The minimum atomic E-state index is -4.26. The van der Waals surface area contributed by atoms with E-state index in [1.807, 2.05) is 33.0 Å². The molecule has 0 amide bonds. The van der Waals surface area contributed by atoms with Gasteiger partial charge in [-0.25, -0.2) is 0 Å². The van der Waals surface area contributed by atoms with Crippen LogP contribution in [0.3, 0.4) is 0 Å². The molecule has 0 spiro atoms. The summed E-state index contributed by atoms with van der Waals surface area (Å²) in [6.07, 6.45) is 1.22. The fraction of sp³-hybridized carbons (Fsp3) is 0.929. The van der Waals surface area contributed by atoms with E-state index in [0.717, 1.165) is 0 Å². The predicted molar refractivity (Wildman–Crippen MR) is 84.4 cm³/mol. The summed E-state index contributed by atoms with van der Waals surface area (Å²) in [4.78, 5) is 24.7. The number of carbonyl (C=O) groups is 1. The number of hydrogen-bond acceptors (Lipinski definition) is 7. The van der Waals surface area contributed by atoms with Gasteiger partial charge in [-0.05, 0) is 47.8 Å². The van der Waals surface area contributed by atoms with Crippen LogP contribution in [0.5, 0.6) is 0 Å². The molecule has 0 radical (unpaired) electrons. The molecule has 0 aromatic rings.